The van der Waals surface area contributed by atoms with E-state index in [0.29, 0.717) is 30.5 Å². The summed E-state index contributed by atoms with van der Waals surface area (Å²) >= 11 is 0. The maximum absolute atomic E-state index is 13.0. The van der Waals surface area contributed by atoms with Gasteiger partial charge in [-0.05, 0) is 69.6 Å². The quantitative estimate of drug-likeness (QED) is 0.710. The van der Waals surface area contributed by atoms with E-state index in [0.717, 1.165) is 25.7 Å². The lowest BCUT2D eigenvalue weighted by Crippen LogP contribution is -2.61. The van der Waals surface area contributed by atoms with Gasteiger partial charge >= 0.3 is 0 Å². The first-order valence-corrected chi connectivity index (χ1v) is 10.5. The van der Waals surface area contributed by atoms with Crippen molar-refractivity contribution in [1.29, 1.82) is 0 Å². The molecule has 3 saturated carbocycles. The molecule has 0 aliphatic heterocycles. The Bertz CT molecular complexity index is 694. The van der Waals surface area contributed by atoms with Crippen molar-refractivity contribution in [2.45, 2.75) is 79.2 Å². The summed E-state index contributed by atoms with van der Waals surface area (Å²) in [6, 6.07) is 0. The van der Waals surface area contributed by atoms with Gasteiger partial charge in [-0.25, -0.2) is 0 Å². The first-order valence-electron chi connectivity index (χ1n) is 10.5. The van der Waals surface area contributed by atoms with Gasteiger partial charge in [-0.2, -0.15) is 0 Å². The number of ketones is 2. The third-order valence-corrected chi connectivity index (χ3v) is 9.91. The molecule has 0 aromatic carbocycles. The van der Waals surface area contributed by atoms with E-state index < -0.39 is 11.5 Å². The lowest BCUT2D eigenvalue weighted by Gasteiger charge is -2.60. The minimum absolute atomic E-state index is 0.212. The van der Waals surface area contributed by atoms with Crippen LogP contribution < -0.4 is 0 Å². The third kappa shape index (κ3) is 1.89. The van der Waals surface area contributed by atoms with Crippen LogP contribution in [0.15, 0.2) is 11.6 Å². The van der Waals surface area contributed by atoms with E-state index in [2.05, 4.69) is 33.8 Å². The van der Waals surface area contributed by atoms with Crippen molar-refractivity contribution < 1.29 is 14.7 Å². The van der Waals surface area contributed by atoms with E-state index in [4.69, 9.17) is 0 Å². The number of aliphatic hydroxyl groups is 1. The molecular formula is C23H34O3. The number of fused-ring (bicyclic) bond motifs is 5. The minimum Gasteiger partial charge on any atom is -0.393 e. The molecule has 0 saturated heterocycles. The number of carbonyl (C=O) groups is 2. The first-order chi connectivity index (χ1) is 12.1. The summed E-state index contributed by atoms with van der Waals surface area (Å²) in [6.45, 7) is 10.3. The average molecular weight is 359 g/mol. The van der Waals surface area contributed by atoms with Gasteiger partial charge in [0.1, 0.15) is 11.6 Å². The normalized spacial score (nSPS) is 53.4. The van der Waals surface area contributed by atoms with E-state index in [1.165, 1.54) is 5.57 Å². The third-order valence-electron chi connectivity index (χ3n) is 9.91. The molecule has 8 atom stereocenters. The molecule has 4 aliphatic carbocycles. The molecule has 0 bridgehead atoms. The van der Waals surface area contributed by atoms with Crippen molar-refractivity contribution in [3.63, 3.8) is 0 Å². The van der Waals surface area contributed by atoms with Crippen LogP contribution in [0, 0.1) is 39.9 Å². The van der Waals surface area contributed by atoms with Gasteiger partial charge in [0.2, 0.25) is 0 Å². The van der Waals surface area contributed by atoms with Crippen molar-refractivity contribution in [1.82, 2.24) is 0 Å². The number of allylic oxidation sites excluding steroid dienone is 2. The molecule has 3 nitrogen and oxygen atoms in total. The largest absolute Gasteiger partial charge is 0.393 e. The van der Waals surface area contributed by atoms with Gasteiger partial charge in [-0.1, -0.05) is 32.4 Å². The summed E-state index contributed by atoms with van der Waals surface area (Å²) < 4.78 is 0. The second kappa shape index (κ2) is 5.53. The van der Waals surface area contributed by atoms with E-state index in [1.807, 2.05) is 0 Å². The van der Waals surface area contributed by atoms with Crippen LogP contribution in [0.2, 0.25) is 0 Å². The minimum atomic E-state index is -0.515. The van der Waals surface area contributed by atoms with Crippen LogP contribution in [0.5, 0.6) is 0 Å². The molecule has 3 fully saturated rings. The van der Waals surface area contributed by atoms with Gasteiger partial charge < -0.3 is 5.11 Å². The van der Waals surface area contributed by atoms with Crippen molar-refractivity contribution in [3.05, 3.63) is 11.6 Å². The van der Waals surface area contributed by atoms with Gasteiger partial charge in [0.05, 0.1) is 11.5 Å². The van der Waals surface area contributed by atoms with Gasteiger partial charge in [0.25, 0.3) is 0 Å². The van der Waals surface area contributed by atoms with E-state index >= 15 is 0 Å². The number of hydrogen-bond donors (Lipinski definition) is 1. The van der Waals surface area contributed by atoms with Crippen molar-refractivity contribution >= 4 is 11.6 Å². The highest BCUT2D eigenvalue weighted by molar-refractivity contribution is 5.89. The molecule has 0 aromatic rings. The van der Waals surface area contributed by atoms with Crippen LogP contribution in [0.4, 0.5) is 0 Å². The summed E-state index contributed by atoms with van der Waals surface area (Å²) in [5.74, 6) is 1.86. The SMILES string of the molecule is CC(=O)C1(C)C(C)CC2C3CCC4=CCCC(=O)C4(C)C3CC(O)C21C. The van der Waals surface area contributed by atoms with Gasteiger partial charge in [0.15, 0.2) is 0 Å². The zero-order valence-electron chi connectivity index (χ0n) is 17.0. The fourth-order valence-electron chi connectivity index (χ4n) is 7.88. The highest BCUT2D eigenvalue weighted by Crippen LogP contribution is 2.71. The molecular weight excluding hydrogens is 324 g/mol. The lowest BCUT2D eigenvalue weighted by molar-refractivity contribution is -0.172. The Morgan fingerprint density at radius 1 is 1.15 bits per heavy atom. The molecule has 0 aromatic heterocycles. The summed E-state index contributed by atoms with van der Waals surface area (Å²) in [5, 5.41) is 11.4. The van der Waals surface area contributed by atoms with Gasteiger partial charge in [-0.15, -0.1) is 0 Å². The maximum atomic E-state index is 13.0. The molecule has 0 amide bonds. The smallest absolute Gasteiger partial charge is 0.143 e. The zero-order chi connectivity index (χ0) is 19.1. The van der Waals surface area contributed by atoms with Crippen LogP contribution in [0.25, 0.3) is 0 Å². The predicted octanol–water partition coefficient (Wildman–Crippen LogP) is 4.33. The first kappa shape index (κ1) is 18.4. The fraction of sp³-hybridized carbons (Fsp3) is 0.826. The number of rotatable bonds is 1. The maximum Gasteiger partial charge on any atom is 0.143 e. The van der Waals surface area contributed by atoms with Gasteiger partial charge in [0, 0.05) is 17.3 Å². The highest BCUT2D eigenvalue weighted by atomic mass is 16.3. The average Bonchev–Trinajstić information content (AvgIpc) is 2.80. The molecule has 26 heavy (non-hydrogen) atoms. The predicted molar refractivity (Wildman–Crippen MR) is 101 cm³/mol. The van der Waals surface area contributed by atoms with E-state index in [9.17, 15) is 14.7 Å². The number of hydrogen-bond acceptors (Lipinski definition) is 3. The molecule has 144 valence electrons. The number of Topliss-reactive ketones (excluding diaryl/α,β-unsaturated/α-hetero) is 2. The molecule has 3 heteroatoms. The zero-order valence-corrected chi connectivity index (χ0v) is 17.0. The Morgan fingerprint density at radius 3 is 2.50 bits per heavy atom. The highest BCUT2D eigenvalue weighted by Gasteiger charge is 2.70. The van der Waals surface area contributed by atoms with Crippen molar-refractivity contribution in [3.8, 4) is 0 Å². The second-order valence-corrected chi connectivity index (χ2v) is 10.2. The summed E-state index contributed by atoms with van der Waals surface area (Å²) in [7, 11) is 0. The molecule has 8 unspecified atom stereocenters. The number of aliphatic hydroxyl groups excluding tert-OH is 1. The lowest BCUT2D eigenvalue weighted by atomic mass is 9.44. The summed E-state index contributed by atoms with van der Waals surface area (Å²) in [4.78, 5) is 25.7. The topological polar surface area (TPSA) is 54.4 Å². The molecule has 4 aliphatic rings. The Kier molecular flexibility index (Phi) is 3.91. The molecule has 0 spiro atoms. The number of carbonyl (C=O) groups excluding carboxylic acids is 2. The van der Waals surface area contributed by atoms with Crippen LogP contribution in [-0.4, -0.2) is 22.8 Å². The summed E-state index contributed by atoms with van der Waals surface area (Å²) in [5.41, 5.74) is 0.0814. The van der Waals surface area contributed by atoms with E-state index in [-0.39, 0.29) is 28.4 Å². The standard InChI is InChI=1S/C23H34O3/c1-13-11-18-16-10-9-15-7-6-8-19(25)21(15,3)17(16)12-20(26)23(18,5)22(13,4)14(2)24/h7,13,16-18,20,26H,6,8-12H2,1-5H3. The summed E-state index contributed by atoms with van der Waals surface area (Å²) in [6.07, 6.45) is 7.08. The fourth-order valence-corrected chi connectivity index (χ4v) is 7.88. The Labute approximate surface area is 157 Å². The Balaban J connectivity index is 1.81. The van der Waals surface area contributed by atoms with Crippen molar-refractivity contribution in [2.24, 2.45) is 39.9 Å². The van der Waals surface area contributed by atoms with Crippen LogP contribution in [0.1, 0.15) is 73.1 Å². The molecule has 1 N–H and O–H groups in total. The van der Waals surface area contributed by atoms with Crippen LogP contribution in [0.3, 0.4) is 0 Å². The van der Waals surface area contributed by atoms with Gasteiger partial charge in [-0.3, -0.25) is 9.59 Å². The van der Waals surface area contributed by atoms with Crippen LogP contribution in [-0.2, 0) is 9.59 Å². The van der Waals surface area contributed by atoms with E-state index in [1.54, 1.807) is 6.92 Å². The Hall–Kier alpha value is -0.960. The Morgan fingerprint density at radius 2 is 1.85 bits per heavy atom. The molecule has 0 heterocycles. The monoisotopic (exact) mass is 358 g/mol. The van der Waals surface area contributed by atoms with Crippen molar-refractivity contribution in [2.75, 3.05) is 0 Å². The second-order valence-electron chi connectivity index (χ2n) is 10.2. The molecule has 4 rings (SSSR count). The molecule has 0 radical (unpaired) electrons. The van der Waals surface area contributed by atoms with Crippen LogP contribution >= 0.6 is 0 Å².